The SMILES string of the molecule is CC(C)c1ccc(Cn2nc(N)c3ncc(Br)cc32)cc1. The first-order chi connectivity index (χ1) is 10.0. The summed E-state index contributed by atoms with van der Waals surface area (Å²) < 4.78 is 2.82. The van der Waals surface area contributed by atoms with Gasteiger partial charge in [0.15, 0.2) is 5.82 Å². The van der Waals surface area contributed by atoms with Crippen molar-refractivity contribution < 1.29 is 0 Å². The Morgan fingerprint density at radius 1 is 1.24 bits per heavy atom. The van der Waals surface area contributed by atoms with Crippen molar-refractivity contribution in [2.24, 2.45) is 0 Å². The molecule has 0 bridgehead atoms. The Morgan fingerprint density at radius 3 is 2.62 bits per heavy atom. The lowest BCUT2D eigenvalue weighted by Gasteiger charge is -2.08. The van der Waals surface area contributed by atoms with Crippen molar-refractivity contribution in [1.29, 1.82) is 0 Å². The quantitative estimate of drug-likeness (QED) is 0.782. The zero-order chi connectivity index (χ0) is 15.0. The van der Waals surface area contributed by atoms with Crippen molar-refractivity contribution in [2.75, 3.05) is 5.73 Å². The van der Waals surface area contributed by atoms with Crippen LogP contribution in [0, 0.1) is 0 Å². The first kappa shape index (κ1) is 14.1. The fraction of sp³-hybridized carbons (Fsp3) is 0.250. The number of nitrogens with two attached hydrogens (primary N) is 1. The zero-order valence-electron chi connectivity index (χ0n) is 12.0. The van der Waals surface area contributed by atoms with E-state index in [4.69, 9.17) is 5.73 Å². The van der Waals surface area contributed by atoms with Gasteiger partial charge in [-0.15, -0.1) is 0 Å². The van der Waals surface area contributed by atoms with Gasteiger partial charge in [-0.25, -0.2) is 4.98 Å². The van der Waals surface area contributed by atoms with E-state index in [1.807, 2.05) is 10.7 Å². The van der Waals surface area contributed by atoms with E-state index in [1.54, 1.807) is 6.20 Å². The second-order valence-electron chi connectivity index (χ2n) is 5.46. The maximum absolute atomic E-state index is 5.93. The number of hydrogen-bond donors (Lipinski definition) is 1. The molecule has 1 aromatic carbocycles. The molecule has 21 heavy (non-hydrogen) atoms. The number of nitrogens with zero attached hydrogens (tertiary/aromatic N) is 3. The predicted octanol–water partition coefficient (Wildman–Crippen LogP) is 3.95. The molecule has 0 saturated carbocycles. The Morgan fingerprint density at radius 2 is 1.95 bits per heavy atom. The van der Waals surface area contributed by atoms with Crippen LogP contribution in [-0.4, -0.2) is 14.8 Å². The molecule has 0 spiro atoms. The Kier molecular flexibility index (Phi) is 3.68. The van der Waals surface area contributed by atoms with E-state index in [9.17, 15) is 0 Å². The van der Waals surface area contributed by atoms with Gasteiger partial charge in [0, 0.05) is 10.7 Å². The van der Waals surface area contributed by atoms with Gasteiger partial charge in [0.25, 0.3) is 0 Å². The van der Waals surface area contributed by atoms with Crippen LogP contribution in [0.2, 0.25) is 0 Å². The first-order valence-corrected chi connectivity index (χ1v) is 7.70. The van der Waals surface area contributed by atoms with Crippen LogP contribution < -0.4 is 5.73 Å². The molecule has 0 fully saturated rings. The minimum absolute atomic E-state index is 0.469. The summed E-state index contributed by atoms with van der Waals surface area (Å²) in [6.45, 7) is 5.07. The highest BCUT2D eigenvalue weighted by atomic mass is 79.9. The van der Waals surface area contributed by atoms with Gasteiger partial charge in [-0.05, 0) is 39.0 Å². The fourth-order valence-corrected chi connectivity index (χ4v) is 2.67. The number of fused-ring (bicyclic) bond motifs is 1. The summed E-state index contributed by atoms with van der Waals surface area (Å²) in [4.78, 5) is 4.32. The van der Waals surface area contributed by atoms with Crippen LogP contribution in [0.4, 0.5) is 5.82 Å². The first-order valence-electron chi connectivity index (χ1n) is 6.91. The molecular formula is C16H17BrN4. The van der Waals surface area contributed by atoms with E-state index >= 15 is 0 Å². The van der Waals surface area contributed by atoms with E-state index in [1.165, 1.54) is 11.1 Å². The average molecular weight is 345 g/mol. The smallest absolute Gasteiger partial charge is 0.172 e. The molecule has 2 aromatic heterocycles. The fourth-order valence-electron chi connectivity index (χ4n) is 2.36. The Labute approximate surface area is 132 Å². The number of rotatable bonds is 3. The minimum Gasteiger partial charge on any atom is -0.380 e. The highest BCUT2D eigenvalue weighted by Gasteiger charge is 2.10. The minimum atomic E-state index is 0.469. The summed E-state index contributed by atoms with van der Waals surface area (Å²) >= 11 is 3.44. The molecule has 4 nitrogen and oxygen atoms in total. The highest BCUT2D eigenvalue weighted by Crippen LogP contribution is 2.23. The number of aromatic nitrogens is 3. The zero-order valence-corrected chi connectivity index (χ0v) is 13.6. The number of benzene rings is 1. The van der Waals surface area contributed by atoms with Crippen molar-refractivity contribution in [2.45, 2.75) is 26.3 Å². The van der Waals surface area contributed by atoms with E-state index in [-0.39, 0.29) is 0 Å². The summed E-state index contributed by atoms with van der Waals surface area (Å²) in [7, 11) is 0. The predicted molar refractivity (Wildman–Crippen MR) is 89.3 cm³/mol. The number of pyridine rings is 1. The van der Waals surface area contributed by atoms with Gasteiger partial charge >= 0.3 is 0 Å². The van der Waals surface area contributed by atoms with Crippen LogP contribution in [0.15, 0.2) is 41.0 Å². The second-order valence-corrected chi connectivity index (χ2v) is 6.38. The van der Waals surface area contributed by atoms with E-state index in [0.717, 1.165) is 15.5 Å². The lowest BCUT2D eigenvalue weighted by molar-refractivity contribution is 0.715. The van der Waals surface area contributed by atoms with Crippen LogP contribution in [0.25, 0.3) is 11.0 Å². The van der Waals surface area contributed by atoms with Crippen molar-refractivity contribution in [1.82, 2.24) is 14.8 Å². The monoisotopic (exact) mass is 344 g/mol. The molecule has 2 N–H and O–H groups in total. The van der Waals surface area contributed by atoms with Crippen LogP contribution in [0.3, 0.4) is 0 Å². The van der Waals surface area contributed by atoms with Crippen molar-refractivity contribution in [3.8, 4) is 0 Å². The third-order valence-corrected chi connectivity index (χ3v) is 4.00. The molecule has 3 rings (SSSR count). The average Bonchev–Trinajstić information content (AvgIpc) is 2.75. The summed E-state index contributed by atoms with van der Waals surface area (Å²) in [6, 6.07) is 10.6. The van der Waals surface area contributed by atoms with Gasteiger partial charge in [-0.2, -0.15) is 5.10 Å². The molecule has 0 radical (unpaired) electrons. The summed E-state index contributed by atoms with van der Waals surface area (Å²) in [6.07, 6.45) is 1.74. The van der Waals surface area contributed by atoms with Crippen LogP contribution in [0.1, 0.15) is 30.9 Å². The van der Waals surface area contributed by atoms with E-state index in [2.05, 4.69) is 64.1 Å². The molecular weight excluding hydrogens is 328 g/mol. The molecule has 0 saturated heterocycles. The van der Waals surface area contributed by atoms with Gasteiger partial charge < -0.3 is 5.73 Å². The van der Waals surface area contributed by atoms with E-state index < -0.39 is 0 Å². The molecule has 0 aliphatic carbocycles. The summed E-state index contributed by atoms with van der Waals surface area (Å²) in [5.41, 5.74) is 10.2. The Balaban J connectivity index is 1.96. The molecule has 2 heterocycles. The van der Waals surface area contributed by atoms with E-state index in [0.29, 0.717) is 18.3 Å². The number of halogens is 1. The van der Waals surface area contributed by atoms with Gasteiger partial charge in [0.2, 0.25) is 0 Å². The number of hydrogen-bond acceptors (Lipinski definition) is 3. The molecule has 0 amide bonds. The summed E-state index contributed by atoms with van der Waals surface area (Å²) in [5.74, 6) is 1.01. The van der Waals surface area contributed by atoms with Gasteiger partial charge in [-0.3, -0.25) is 4.68 Å². The molecule has 0 unspecified atom stereocenters. The Bertz CT molecular complexity index is 775. The maximum atomic E-state index is 5.93. The van der Waals surface area contributed by atoms with Crippen LogP contribution in [-0.2, 0) is 6.54 Å². The molecule has 0 atom stereocenters. The largest absolute Gasteiger partial charge is 0.380 e. The molecule has 0 aliphatic heterocycles. The Hall–Kier alpha value is -1.88. The molecule has 108 valence electrons. The standard InChI is InChI=1S/C16H17BrN4/c1-10(2)12-5-3-11(4-6-12)9-21-14-7-13(17)8-19-15(14)16(18)20-21/h3-8,10H,9H2,1-2H3,(H2,18,20). The third kappa shape index (κ3) is 2.78. The lowest BCUT2D eigenvalue weighted by Crippen LogP contribution is -2.02. The number of anilines is 1. The van der Waals surface area contributed by atoms with Crippen molar-refractivity contribution in [3.63, 3.8) is 0 Å². The van der Waals surface area contributed by atoms with Crippen molar-refractivity contribution in [3.05, 3.63) is 52.1 Å². The van der Waals surface area contributed by atoms with Crippen molar-refractivity contribution >= 4 is 32.8 Å². The van der Waals surface area contributed by atoms with Gasteiger partial charge in [0.1, 0.15) is 5.52 Å². The number of nitrogen functional groups attached to an aromatic ring is 1. The second kappa shape index (κ2) is 5.48. The topological polar surface area (TPSA) is 56.7 Å². The van der Waals surface area contributed by atoms with Gasteiger partial charge in [0.05, 0.1) is 12.1 Å². The lowest BCUT2D eigenvalue weighted by atomic mass is 10.0. The summed E-state index contributed by atoms with van der Waals surface area (Å²) in [5, 5.41) is 4.39. The molecule has 0 aliphatic rings. The van der Waals surface area contributed by atoms with Crippen LogP contribution >= 0.6 is 15.9 Å². The third-order valence-electron chi connectivity index (χ3n) is 3.56. The maximum Gasteiger partial charge on any atom is 0.172 e. The van der Waals surface area contributed by atoms with Crippen LogP contribution in [0.5, 0.6) is 0 Å². The normalized spacial score (nSPS) is 11.4. The molecule has 3 aromatic rings. The highest BCUT2D eigenvalue weighted by molar-refractivity contribution is 9.10. The van der Waals surface area contributed by atoms with Gasteiger partial charge in [-0.1, -0.05) is 38.1 Å². The molecule has 5 heteroatoms.